The van der Waals surface area contributed by atoms with Gasteiger partial charge in [0.05, 0.1) is 31.6 Å². The van der Waals surface area contributed by atoms with Crippen molar-refractivity contribution in [2.45, 2.75) is 18.4 Å². The molecule has 1 heterocycles. The quantitative estimate of drug-likeness (QED) is 0.820. The first-order valence-electron chi connectivity index (χ1n) is 6.58. The fraction of sp³-hybridized carbons (Fsp3) is 0.500. The number of amides is 1. The van der Waals surface area contributed by atoms with E-state index in [-0.39, 0.29) is 24.4 Å². The van der Waals surface area contributed by atoms with Crippen molar-refractivity contribution in [3.63, 3.8) is 0 Å². The predicted octanol–water partition coefficient (Wildman–Crippen LogP) is 1.01. The number of hydrogen-bond acceptors (Lipinski definition) is 5. The zero-order valence-electron chi connectivity index (χ0n) is 11.4. The van der Waals surface area contributed by atoms with Gasteiger partial charge in [0.1, 0.15) is 11.1 Å². The molecule has 0 aromatic heterocycles. The van der Waals surface area contributed by atoms with Crippen LogP contribution in [0.4, 0.5) is 0 Å². The van der Waals surface area contributed by atoms with E-state index in [1.54, 1.807) is 4.90 Å². The van der Waals surface area contributed by atoms with Gasteiger partial charge in [-0.25, -0.2) is 0 Å². The summed E-state index contributed by atoms with van der Waals surface area (Å²) >= 11 is 1.52. The Hall–Kier alpha value is -1.24. The second-order valence-corrected chi connectivity index (χ2v) is 5.62. The van der Waals surface area contributed by atoms with E-state index in [0.717, 1.165) is 11.3 Å². The zero-order valence-corrected chi connectivity index (χ0v) is 12.2. The summed E-state index contributed by atoms with van der Waals surface area (Å²) < 4.78 is 5.47. The smallest absolute Gasteiger partial charge is 0.233 e. The van der Waals surface area contributed by atoms with E-state index < -0.39 is 6.10 Å². The Morgan fingerprint density at radius 3 is 3.05 bits per heavy atom. The molecule has 1 fully saturated rings. The van der Waals surface area contributed by atoms with Crippen molar-refractivity contribution in [1.29, 1.82) is 0 Å². The third-order valence-corrected chi connectivity index (χ3v) is 4.30. The van der Waals surface area contributed by atoms with Crippen LogP contribution >= 0.6 is 11.8 Å². The first-order valence-corrected chi connectivity index (χ1v) is 7.63. The van der Waals surface area contributed by atoms with Crippen LogP contribution in [0.2, 0.25) is 0 Å². The number of β-amino-alcohol motifs (C(OH)–C–C–N with tert-alkyl or cyclic N) is 1. The summed E-state index contributed by atoms with van der Waals surface area (Å²) in [5.74, 6) is 1.14. The summed E-state index contributed by atoms with van der Waals surface area (Å²) in [7, 11) is 0. The molecule has 2 atom stereocenters. The molecule has 1 saturated heterocycles. The highest BCUT2D eigenvalue weighted by molar-refractivity contribution is 8.00. The Kier molecular flexibility index (Phi) is 5.28. The molecule has 1 unspecified atom stereocenters. The van der Waals surface area contributed by atoms with Gasteiger partial charge in [-0.05, 0) is 24.6 Å². The van der Waals surface area contributed by atoms with E-state index >= 15 is 0 Å². The van der Waals surface area contributed by atoms with Crippen LogP contribution in [0.15, 0.2) is 24.3 Å². The maximum atomic E-state index is 11.9. The lowest BCUT2D eigenvalue weighted by molar-refractivity contribution is -0.129. The average Bonchev–Trinajstić information content (AvgIpc) is 2.81. The molecule has 1 amide bonds. The number of carbonyl (C=O) groups excluding carboxylic acids is 1. The summed E-state index contributed by atoms with van der Waals surface area (Å²) in [5, 5.41) is 18.4. The highest BCUT2D eigenvalue weighted by Crippen LogP contribution is 2.39. The van der Waals surface area contributed by atoms with Gasteiger partial charge in [-0.1, -0.05) is 12.1 Å². The second kappa shape index (κ2) is 6.97. The van der Waals surface area contributed by atoms with E-state index in [1.165, 1.54) is 11.8 Å². The van der Waals surface area contributed by atoms with E-state index in [2.05, 4.69) is 0 Å². The highest BCUT2D eigenvalue weighted by atomic mass is 32.2. The molecule has 0 saturated carbocycles. The molecule has 20 heavy (non-hydrogen) atoms. The van der Waals surface area contributed by atoms with Crippen molar-refractivity contribution in [3.8, 4) is 5.75 Å². The Morgan fingerprint density at radius 2 is 2.35 bits per heavy atom. The number of benzene rings is 1. The van der Waals surface area contributed by atoms with Gasteiger partial charge >= 0.3 is 0 Å². The Balaban J connectivity index is 2.17. The van der Waals surface area contributed by atoms with Crippen molar-refractivity contribution < 1.29 is 19.7 Å². The molecule has 1 aromatic carbocycles. The maximum Gasteiger partial charge on any atom is 0.233 e. The molecule has 0 bridgehead atoms. The number of ether oxygens (including phenoxy) is 1. The summed E-state index contributed by atoms with van der Waals surface area (Å²) in [5.41, 5.74) is 0.969. The molecule has 2 rings (SSSR count). The molecule has 2 N–H and O–H groups in total. The van der Waals surface area contributed by atoms with E-state index in [9.17, 15) is 9.90 Å². The van der Waals surface area contributed by atoms with E-state index in [4.69, 9.17) is 9.84 Å². The van der Waals surface area contributed by atoms with Crippen LogP contribution in [0.3, 0.4) is 0 Å². The topological polar surface area (TPSA) is 70.0 Å². The standard InChI is InChI=1S/C14H19NO4S/c1-2-19-12-5-3-4-10(6-12)14-15(7-11(17)8-16)13(18)9-20-14/h3-6,11,14,16-17H,2,7-9H2,1H3/t11-,14?/m0/s1. The monoisotopic (exact) mass is 297 g/mol. The molecule has 0 radical (unpaired) electrons. The minimum absolute atomic E-state index is 0.0192. The first kappa shape index (κ1) is 15.2. The molecule has 0 spiro atoms. The minimum Gasteiger partial charge on any atom is -0.494 e. The summed E-state index contributed by atoms with van der Waals surface area (Å²) in [4.78, 5) is 13.5. The van der Waals surface area contributed by atoms with Gasteiger partial charge in [-0.15, -0.1) is 11.8 Å². The fourth-order valence-electron chi connectivity index (χ4n) is 2.14. The summed E-state index contributed by atoms with van der Waals surface area (Å²) in [6.45, 7) is 2.31. The van der Waals surface area contributed by atoms with Crippen LogP contribution in [-0.2, 0) is 4.79 Å². The lowest BCUT2D eigenvalue weighted by atomic mass is 10.2. The average molecular weight is 297 g/mol. The van der Waals surface area contributed by atoms with Crippen molar-refractivity contribution in [3.05, 3.63) is 29.8 Å². The molecule has 1 aliphatic rings. The van der Waals surface area contributed by atoms with Crippen LogP contribution in [0, 0.1) is 0 Å². The van der Waals surface area contributed by atoms with Crippen LogP contribution < -0.4 is 4.74 Å². The Bertz CT molecular complexity index is 468. The summed E-state index contributed by atoms with van der Waals surface area (Å²) in [6.07, 6.45) is -0.907. The normalized spacial score (nSPS) is 20.2. The number of nitrogens with zero attached hydrogens (tertiary/aromatic N) is 1. The number of aliphatic hydroxyl groups is 2. The molecule has 110 valence electrons. The van der Waals surface area contributed by atoms with Crippen LogP contribution in [0.25, 0.3) is 0 Å². The molecule has 5 nitrogen and oxygen atoms in total. The van der Waals surface area contributed by atoms with Crippen molar-refractivity contribution in [1.82, 2.24) is 4.90 Å². The van der Waals surface area contributed by atoms with Crippen molar-refractivity contribution in [2.75, 3.05) is 25.5 Å². The fourth-order valence-corrected chi connectivity index (χ4v) is 3.33. The van der Waals surface area contributed by atoms with E-state index in [1.807, 2.05) is 31.2 Å². The number of hydrogen-bond donors (Lipinski definition) is 2. The summed E-state index contributed by atoms with van der Waals surface area (Å²) in [6, 6.07) is 7.63. The zero-order chi connectivity index (χ0) is 14.5. The third kappa shape index (κ3) is 3.45. The van der Waals surface area contributed by atoms with Gasteiger partial charge in [-0.2, -0.15) is 0 Å². The van der Waals surface area contributed by atoms with Gasteiger partial charge in [0.2, 0.25) is 5.91 Å². The largest absolute Gasteiger partial charge is 0.494 e. The van der Waals surface area contributed by atoms with Crippen LogP contribution in [-0.4, -0.2) is 52.6 Å². The van der Waals surface area contributed by atoms with E-state index in [0.29, 0.717) is 12.4 Å². The number of aliphatic hydroxyl groups excluding tert-OH is 2. The molecule has 0 aliphatic carbocycles. The number of carbonyl (C=O) groups is 1. The molecule has 1 aliphatic heterocycles. The molecule has 1 aromatic rings. The van der Waals surface area contributed by atoms with Crippen LogP contribution in [0.1, 0.15) is 17.9 Å². The van der Waals surface area contributed by atoms with Gasteiger partial charge in [0.15, 0.2) is 0 Å². The lowest BCUT2D eigenvalue weighted by Gasteiger charge is -2.26. The van der Waals surface area contributed by atoms with Gasteiger partial charge in [-0.3, -0.25) is 4.79 Å². The Labute approximate surface area is 122 Å². The van der Waals surface area contributed by atoms with Gasteiger partial charge < -0.3 is 19.8 Å². The lowest BCUT2D eigenvalue weighted by Crippen LogP contribution is -2.37. The Morgan fingerprint density at radius 1 is 1.55 bits per heavy atom. The SMILES string of the molecule is CCOc1cccc(C2SCC(=O)N2C[C@H](O)CO)c1. The minimum atomic E-state index is -0.907. The second-order valence-electron chi connectivity index (χ2n) is 4.55. The third-order valence-electron chi connectivity index (χ3n) is 3.04. The first-order chi connectivity index (χ1) is 9.65. The highest BCUT2D eigenvalue weighted by Gasteiger charge is 2.33. The number of rotatable bonds is 6. The predicted molar refractivity (Wildman–Crippen MR) is 77.6 cm³/mol. The van der Waals surface area contributed by atoms with Gasteiger partial charge in [0.25, 0.3) is 0 Å². The number of thioether (sulfide) groups is 1. The van der Waals surface area contributed by atoms with Crippen molar-refractivity contribution >= 4 is 17.7 Å². The van der Waals surface area contributed by atoms with Crippen molar-refractivity contribution in [2.24, 2.45) is 0 Å². The van der Waals surface area contributed by atoms with Crippen LogP contribution in [0.5, 0.6) is 5.75 Å². The van der Waals surface area contributed by atoms with Gasteiger partial charge in [0, 0.05) is 0 Å². The molecule has 6 heteroatoms. The maximum absolute atomic E-state index is 11.9. The molecular formula is C14H19NO4S. The molecular weight excluding hydrogens is 278 g/mol.